The molecule has 2 aromatic carbocycles. The Kier molecular flexibility index (Phi) is 6.14. The third-order valence-electron chi connectivity index (χ3n) is 3.84. The van der Waals surface area contributed by atoms with Gasteiger partial charge in [0, 0.05) is 14.1 Å². The van der Waals surface area contributed by atoms with Crippen molar-refractivity contribution in [3.05, 3.63) is 47.5 Å². The van der Waals surface area contributed by atoms with E-state index in [4.69, 9.17) is 9.47 Å². The van der Waals surface area contributed by atoms with Gasteiger partial charge < -0.3 is 20.1 Å². The van der Waals surface area contributed by atoms with Crippen molar-refractivity contribution < 1.29 is 17.9 Å². The van der Waals surface area contributed by atoms with Crippen LogP contribution in [0.2, 0.25) is 0 Å². The lowest BCUT2D eigenvalue weighted by molar-refractivity contribution is 0.416. The number of methoxy groups -OCH3 is 2. The minimum atomic E-state index is -3.31. The molecule has 136 valence electrons. The molecule has 0 aromatic heterocycles. The van der Waals surface area contributed by atoms with E-state index in [1.54, 1.807) is 64.7 Å². The van der Waals surface area contributed by atoms with E-state index >= 15 is 0 Å². The first-order chi connectivity index (χ1) is 11.9. The molecule has 0 heterocycles. The van der Waals surface area contributed by atoms with Gasteiger partial charge in [0.1, 0.15) is 11.5 Å². The predicted molar refractivity (Wildman–Crippen MR) is 101 cm³/mol. The van der Waals surface area contributed by atoms with E-state index in [-0.39, 0.29) is 11.5 Å². The minimum absolute atomic E-state index is 0.0351. The van der Waals surface area contributed by atoms with E-state index in [1.807, 2.05) is 0 Å². The molecule has 0 aliphatic carbocycles. The van der Waals surface area contributed by atoms with Gasteiger partial charge in [-0.05, 0) is 35.4 Å². The summed E-state index contributed by atoms with van der Waals surface area (Å²) in [4.78, 5) is 0. The minimum Gasteiger partial charge on any atom is -0.495 e. The lowest BCUT2D eigenvalue weighted by atomic mass is 10.2. The third-order valence-corrected chi connectivity index (χ3v) is 5.39. The van der Waals surface area contributed by atoms with Gasteiger partial charge in [-0.1, -0.05) is 12.1 Å². The van der Waals surface area contributed by atoms with Crippen LogP contribution in [0, 0.1) is 0 Å². The summed E-state index contributed by atoms with van der Waals surface area (Å²) in [6.07, 6.45) is 0. The summed E-state index contributed by atoms with van der Waals surface area (Å²) in [7, 11) is 3.39. The van der Waals surface area contributed by atoms with Crippen molar-refractivity contribution >= 4 is 21.2 Å². The zero-order chi connectivity index (χ0) is 18.4. The molecule has 0 radical (unpaired) electrons. The first kappa shape index (κ1) is 18.9. The number of ether oxygens (including phenoxy) is 2. The van der Waals surface area contributed by atoms with E-state index in [0.29, 0.717) is 22.6 Å². The smallest absolute Gasteiger partial charge is 0.158 e. The molecule has 7 heteroatoms. The Morgan fingerprint density at radius 3 is 1.52 bits per heavy atom. The van der Waals surface area contributed by atoms with Gasteiger partial charge in [-0.3, -0.25) is 0 Å². The Labute approximate surface area is 149 Å². The van der Waals surface area contributed by atoms with Gasteiger partial charge in [-0.2, -0.15) is 0 Å². The van der Waals surface area contributed by atoms with E-state index in [1.165, 1.54) is 0 Å². The Morgan fingerprint density at radius 2 is 1.20 bits per heavy atom. The number of hydrogen-bond donors (Lipinski definition) is 2. The molecule has 2 aromatic rings. The van der Waals surface area contributed by atoms with Crippen LogP contribution in [-0.4, -0.2) is 36.7 Å². The van der Waals surface area contributed by atoms with Gasteiger partial charge >= 0.3 is 0 Å². The van der Waals surface area contributed by atoms with Crippen molar-refractivity contribution in [3.63, 3.8) is 0 Å². The second-order valence-corrected chi connectivity index (χ2v) is 7.67. The number of hydrogen-bond acceptors (Lipinski definition) is 6. The molecule has 0 bridgehead atoms. The molecular formula is C18H24N2O4S. The summed E-state index contributed by atoms with van der Waals surface area (Å²) in [6.45, 7) is 0. The molecule has 6 nitrogen and oxygen atoms in total. The fourth-order valence-electron chi connectivity index (χ4n) is 2.64. The molecule has 25 heavy (non-hydrogen) atoms. The van der Waals surface area contributed by atoms with Gasteiger partial charge in [-0.25, -0.2) is 8.42 Å². The average Bonchev–Trinajstić information content (AvgIpc) is 2.60. The van der Waals surface area contributed by atoms with Crippen molar-refractivity contribution in [2.24, 2.45) is 0 Å². The summed E-state index contributed by atoms with van der Waals surface area (Å²) >= 11 is 0. The second-order valence-electron chi connectivity index (χ2n) is 5.60. The second kappa shape index (κ2) is 8.11. The molecule has 0 aliphatic rings. The normalized spacial score (nSPS) is 11.0. The van der Waals surface area contributed by atoms with E-state index in [0.717, 1.165) is 11.4 Å². The van der Waals surface area contributed by atoms with Gasteiger partial charge in [-0.15, -0.1) is 0 Å². The Morgan fingerprint density at radius 1 is 0.800 bits per heavy atom. The Balaban J connectivity index is 2.20. The molecule has 0 saturated carbocycles. The summed E-state index contributed by atoms with van der Waals surface area (Å²) in [5, 5.41) is 6.02. The molecule has 2 rings (SSSR count). The van der Waals surface area contributed by atoms with Crippen LogP contribution in [0.5, 0.6) is 11.5 Å². The SMILES string of the molecule is CNc1cc(CS(=O)(=O)Cc2ccc(OC)c(NC)c2)ccc1OC. The fraction of sp³-hybridized carbons (Fsp3) is 0.333. The highest BCUT2D eigenvalue weighted by Gasteiger charge is 2.16. The summed E-state index contributed by atoms with van der Waals surface area (Å²) < 4.78 is 35.6. The predicted octanol–water partition coefficient (Wildman–Crippen LogP) is 2.90. The van der Waals surface area contributed by atoms with Crippen molar-refractivity contribution in [1.29, 1.82) is 0 Å². The molecule has 0 atom stereocenters. The number of anilines is 2. The number of benzene rings is 2. The van der Waals surface area contributed by atoms with Crippen LogP contribution in [0.15, 0.2) is 36.4 Å². The van der Waals surface area contributed by atoms with Crippen LogP contribution >= 0.6 is 0 Å². The standard InChI is InChI=1S/C18H24N2O4S/c1-19-15-9-13(5-7-17(15)23-3)11-25(21,22)12-14-6-8-18(24-4)16(10-14)20-2/h5-10,19-20H,11-12H2,1-4H3. The molecule has 0 saturated heterocycles. The highest BCUT2D eigenvalue weighted by atomic mass is 32.2. The maximum absolute atomic E-state index is 12.6. The largest absolute Gasteiger partial charge is 0.495 e. The van der Waals surface area contributed by atoms with Crippen LogP contribution in [0.3, 0.4) is 0 Å². The van der Waals surface area contributed by atoms with Gasteiger partial charge in [0.2, 0.25) is 0 Å². The summed E-state index contributed by atoms with van der Waals surface area (Å²) in [5.74, 6) is 1.29. The Bertz CT molecular complexity index is 771. The first-order valence-electron chi connectivity index (χ1n) is 7.82. The van der Waals surface area contributed by atoms with Crippen molar-refractivity contribution in [1.82, 2.24) is 0 Å². The molecule has 0 amide bonds. The average molecular weight is 364 g/mol. The highest BCUT2D eigenvalue weighted by Crippen LogP contribution is 2.28. The molecule has 0 unspecified atom stereocenters. The van der Waals surface area contributed by atoms with Crippen LogP contribution in [0.25, 0.3) is 0 Å². The lowest BCUT2D eigenvalue weighted by Gasteiger charge is -2.12. The molecule has 0 fully saturated rings. The zero-order valence-electron chi connectivity index (χ0n) is 14.9. The molecule has 0 aliphatic heterocycles. The zero-order valence-corrected chi connectivity index (χ0v) is 15.7. The quantitative estimate of drug-likeness (QED) is 0.750. The fourth-order valence-corrected chi connectivity index (χ4v) is 4.12. The maximum Gasteiger partial charge on any atom is 0.158 e. The van der Waals surface area contributed by atoms with Crippen molar-refractivity contribution in [2.45, 2.75) is 11.5 Å². The van der Waals surface area contributed by atoms with Crippen molar-refractivity contribution in [2.75, 3.05) is 38.9 Å². The number of nitrogens with one attached hydrogen (secondary N) is 2. The number of rotatable bonds is 8. The molecule has 2 N–H and O–H groups in total. The maximum atomic E-state index is 12.6. The van der Waals surface area contributed by atoms with E-state index in [2.05, 4.69) is 10.6 Å². The summed E-state index contributed by atoms with van der Waals surface area (Å²) in [5.41, 5.74) is 2.95. The molecule has 0 spiro atoms. The van der Waals surface area contributed by atoms with Crippen LogP contribution in [0.4, 0.5) is 11.4 Å². The highest BCUT2D eigenvalue weighted by molar-refractivity contribution is 7.89. The monoisotopic (exact) mass is 364 g/mol. The molecular weight excluding hydrogens is 340 g/mol. The van der Waals surface area contributed by atoms with Crippen LogP contribution in [-0.2, 0) is 21.3 Å². The topological polar surface area (TPSA) is 76.7 Å². The third kappa shape index (κ3) is 4.79. The van der Waals surface area contributed by atoms with Crippen molar-refractivity contribution in [3.8, 4) is 11.5 Å². The van der Waals surface area contributed by atoms with Gasteiger partial charge in [0.15, 0.2) is 9.84 Å². The van der Waals surface area contributed by atoms with Gasteiger partial charge in [0.05, 0.1) is 37.1 Å². The van der Waals surface area contributed by atoms with E-state index in [9.17, 15) is 8.42 Å². The van der Waals surface area contributed by atoms with Gasteiger partial charge in [0.25, 0.3) is 0 Å². The first-order valence-corrected chi connectivity index (χ1v) is 9.64. The lowest BCUT2D eigenvalue weighted by Crippen LogP contribution is -2.08. The van der Waals surface area contributed by atoms with Crippen LogP contribution < -0.4 is 20.1 Å². The number of sulfone groups is 1. The Hall–Kier alpha value is -2.41. The van der Waals surface area contributed by atoms with E-state index < -0.39 is 9.84 Å². The summed E-state index contributed by atoms with van der Waals surface area (Å²) in [6, 6.07) is 10.7. The van der Waals surface area contributed by atoms with Crippen LogP contribution in [0.1, 0.15) is 11.1 Å².